The molecule has 5 rings (SSSR count). The van der Waals surface area contributed by atoms with Crippen LogP contribution in [0.2, 0.25) is 0 Å². The molecule has 1 aliphatic heterocycles. The second-order valence-electron chi connectivity index (χ2n) is 17.0. The molecule has 54 heavy (non-hydrogen) atoms. The molecule has 1 saturated heterocycles. The standard InChI is InChI=1S/C40H58N6O8/c1-22(2)21-54-39(53)44-31(25-16-12-9-13-17-25)38(52)46-20-27-29(40(27,4)5)33(46)35(49)43-32(26-18-23(26)3)34(48)36(50)41-19-28(47)42-30(37(51)45(6)7)24-14-10-8-11-15-24/h8,10-11,14-15,22-23,25-27,29-33H,9,12-13,16-21H2,1-7H3,(H,41,50)(H,42,47)(H,43,49)(H,44,53)/t23?,26?,27-,29?,30-,31-,32?,33-/m0/s1. The second kappa shape index (κ2) is 16.9. The van der Waals surface area contributed by atoms with Gasteiger partial charge in [0, 0.05) is 20.6 Å². The molecule has 1 heterocycles. The minimum absolute atomic E-state index is 0.0620. The first-order chi connectivity index (χ1) is 25.5. The molecule has 3 aliphatic carbocycles. The van der Waals surface area contributed by atoms with Crippen molar-refractivity contribution in [2.45, 2.75) is 97.3 Å². The van der Waals surface area contributed by atoms with Crippen molar-refractivity contribution in [1.29, 1.82) is 0 Å². The summed E-state index contributed by atoms with van der Waals surface area (Å²) in [4.78, 5) is 97.3. The summed E-state index contributed by atoms with van der Waals surface area (Å²) in [5, 5.41) is 10.7. The number of ether oxygens (including phenoxy) is 1. The van der Waals surface area contributed by atoms with Crippen molar-refractivity contribution in [1.82, 2.24) is 31.1 Å². The van der Waals surface area contributed by atoms with Crippen LogP contribution in [0.3, 0.4) is 0 Å². The maximum absolute atomic E-state index is 14.4. The van der Waals surface area contributed by atoms with E-state index in [1.165, 1.54) is 4.90 Å². The third-order valence-corrected chi connectivity index (χ3v) is 11.9. The van der Waals surface area contributed by atoms with E-state index in [0.717, 1.165) is 32.1 Å². The smallest absolute Gasteiger partial charge is 0.407 e. The van der Waals surface area contributed by atoms with E-state index in [-0.39, 0.29) is 59.3 Å². The maximum Gasteiger partial charge on any atom is 0.407 e. The van der Waals surface area contributed by atoms with Gasteiger partial charge in [-0.3, -0.25) is 28.8 Å². The number of fused-ring (bicyclic) bond motifs is 1. The highest BCUT2D eigenvalue weighted by molar-refractivity contribution is 6.38. The average molecular weight is 751 g/mol. The molecule has 0 aromatic heterocycles. The number of amides is 6. The number of nitrogens with one attached hydrogen (secondary N) is 4. The predicted octanol–water partition coefficient (Wildman–Crippen LogP) is 2.57. The summed E-state index contributed by atoms with van der Waals surface area (Å²) in [6, 6.07) is 4.79. The lowest BCUT2D eigenvalue weighted by Gasteiger charge is -2.37. The van der Waals surface area contributed by atoms with Crippen molar-refractivity contribution in [2.24, 2.45) is 40.9 Å². The first-order valence-corrected chi connectivity index (χ1v) is 19.4. The van der Waals surface area contributed by atoms with E-state index in [1.54, 1.807) is 49.3 Å². The van der Waals surface area contributed by atoms with Crippen molar-refractivity contribution in [3.63, 3.8) is 0 Å². The van der Waals surface area contributed by atoms with Crippen LogP contribution in [0.1, 0.15) is 84.7 Å². The van der Waals surface area contributed by atoms with Crippen molar-refractivity contribution >= 4 is 41.4 Å². The lowest BCUT2D eigenvalue weighted by atomic mass is 9.83. The molecule has 8 atom stereocenters. The van der Waals surface area contributed by atoms with Gasteiger partial charge in [-0.2, -0.15) is 0 Å². The van der Waals surface area contributed by atoms with Gasteiger partial charge < -0.3 is 35.8 Å². The van der Waals surface area contributed by atoms with E-state index >= 15 is 0 Å². The number of carbonyl (C=O) groups excluding carboxylic acids is 7. The Kier molecular flexibility index (Phi) is 12.7. The number of piperidine rings is 1. The van der Waals surface area contributed by atoms with Crippen LogP contribution in [-0.4, -0.2) is 103 Å². The molecule has 4 aliphatic rings. The summed E-state index contributed by atoms with van der Waals surface area (Å²) in [7, 11) is 3.14. The van der Waals surface area contributed by atoms with Crippen molar-refractivity contribution in [3.8, 4) is 0 Å². The molecular formula is C40H58N6O8. The summed E-state index contributed by atoms with van der Waals surface area (Å²) in [5.41, 5.74) is 0.343. The van der Waals surface area contributed by atoms with Gasteiger partial charge in [-0.1, -0.05) is 84.2 Å². The van der Waals surface area contributed by atoms with Crippen LogP contribution < -0.4 is 21.3 Å². The Hall–Kier alpha value is -4.49. The monoisotopic (exact) mass is 750 g/mol. The molecular weight excluding hydrogens is 692 g/mol. The summed E-state index contributed by atoms with van der Waals surface area (Å²) >= 11 is 0. The van der Waals surface area contributed by atoms with E-state index in [2.05, 4.69) is 35.1 Å². The molecule has 1 aromatic rings. The Morgan fingerprint density at radius 2 is 1.57 bits per heavy atom. The fourth-order valence-electron chi connectivity index (χ4n) is 8.46. The predicted molar refractivity (Wildman–Crippen MR) is 199 cm³/mol. The van der Waals surface area contributed by atoms with Crippen LogP contribution >= 0.6 is 0 Å². The Morgan fingerprint density at radius 1 is 0.926 bits per heavy atom. The Bertz CT molecular complexity index is 1590. The van der Waals surface area contributed by atoms with Crippen LogP contribution in [0.25, 0.3) is 0 Å². The van der Waals surface area contributed by atoms with E-state index < -0.39 is 60.3 Å². The molecule has 0 bridgehead atoms. The molecule has 0 radical (unpaired) electrons. The molecule has 4 fully saturated rings. The minimum atomic E-state index is -1.15. The number of ketones is 1. The zero-order valence-corrected chi connectivity index (χ0v) is 32.7. The fraction of sp³-hybridized carbons (Fsp3) is 0.675. The minimum Gasteiger partial charge on any atom is -0.449 e. The second-order valence-corrected chi connectivity index (χ2v) is 17.0. The molecule has 14 heteroatoms. The number of hydrogen-bond donors (Lipinski definition) is 4. The van der Waals surface area contributed by atoms with Gasteiger partial charge >= 0.3 is 6.09 Å². The summed E-state index contributed by atoms with van der Waals surface area (Å²) in [6.45, 7) is 9.89. The summed E-state index contributed by atoms with van der Waals surface area (Å²) < 4.78 is 5.40. The fourth-order valence-corrected chi connectivity index (χ4v) is 8.46. The number of likely N-dealkylation sites (tertiary alicyclic amines) is 1. The molecule has 1 aromatic carbocycles. The first kappa shape index (κ1) is 40.7. The normalized spacial score (nSPS) is 25.6. The van der Waals surface area contributed by atoms with Gasteiger partial charge in [-0.15, -0.1) is 0 Å². The molecule has 6 amide bonds. The number of carbonyl (C=O) groups is 7. The number of Topliss-reactive ketones (excluding diaryl/α,β-unsaturated/α-hetero) is 1. The average Bonchev–Trinajstić information content (AvgIpc) is 3.92. The highest BCUT2D eigenvalue weighted by Gasteiger charge is 2.70. The summed E-state index contributed by atoms with van der Waals surface area (Å²) in [6.07, 6.45) is 4.43. The van der Waals surface area contributed by atoms with Gasteiger partial charge in [0.15, 0.2) is 0 Å². The number of alkyl carbamates (subject to hydrolysis) is 1. The van der Waals surface area contributed by atoms with E-state index in [4.69, 9.17) is 4.74 Å². The largest absolute Gasteiger partial charge is 0.449 e. The maximum atomic E-state index is 14.4. The van der Waals surface area contributed by atoms with E-state index in [0.29, 0.717) is 18.5 Å². The SMILES string of the molecule is CC(C)COC(=O)N[C@H](C(=O)N1C[C@H]2C([C@H]1C(=O)NC(C(=O)C(=O)NCC(=O)N[C@H](C(=O)N(C)C)c1ccccc1)C1CC1C)C2(C)C)C1CCCCC1. The number of rotatable bonds is 15. The third-order valence-electron chi connectivity index (χ3n) is 11.9. The molecule has 0 spiro atoms. The van der Waals surface area contributed by atoms with Crippen molar-refractivity contribution in [2.75, 3.05) is 33.8 Å². The Balaban J connectivity index is 1.27. The molecule has 4 unspecified atom stereocenters. The van der Waals surface area contributed by atoms with Gasteiger partial charge in [0.05, 0.1) is 13.2 Å². The van der Waals surface area contributed by atoms with Gasteiger partial charge in [0.1, 0.15) is 24.2 Å². The van der Waals surface area contributed by atoms with E-state index in [1.807, 2.05) is 20.8 Å². The highest BCUT2D eigenvalue weighted by atomic mass is 16.5. The molecule has 14 nitrogen and oxygen atoms in total. The Labute approximate surface area is 318 Å². The van der Waals surface area contributed by atoms with Gasteiger partial charge in [0.2, 0.25) is 29.4 Å². The van der Waals surface area contributed by atoms with Crippen molar-refractivity contribution in [3.05, 3.63) is 35.9 Å². The quantitative estimate of drug-likeness (QED) is 0.197. The summed E-state index contributed by atoms with van der Waals surface area (Å²) in [5.74, 6) is -4.09. The molecule has 3 saturated carbocycles. The highest BCUT2D eigenvalue weighted by Crippen LogP contribution is 2.65. The zero-order chi connectivity index (χ0) is 39.5. The van der Waals surface area contributed by atoms with Gasteiger partial charge in [0.25, 0.3) is 5.91 Å². The van der Waals surface area contributed by atoms with Crippen LogP contribution in [0.4, 0.5) is 4.79 Å². The van der Waals surface area contributed by atoms with Crippen LogP contribution in [0, 0.1) is 40.9 Å². The topological polar surface area (TPSA) is 183 Å². The van der Waals surface area contributed by atoms with Gasteiger partial charge in [-0.25, -0.2) is 4.79 Å². The molecule has 4 N–H and O–H groups in total. The first-order valence-electron chi connectivity index (χ1n) is 19.4. The number of likely N-dealkylation sites (N-methyl/N-ethyl adjacent to an activating group) is 1. The van der Waals surface area contributed by atoms with Gasteiger partial charge in [-0.05, 0) is 65.7 Å². The van der Waals surface area contributed by atoms with Crippen molar-refractivity contribution < 1.29 is 38.3 Å². The van der Waals surface area contributed by atoms with Crippen LogP contribution in [-0.2, 0) is 33.5 Å². The third kappa shape index (κ3) is 9.23. The van der Waals surface area contributed by atoms with Crippen LogP contribution in [0.15, 0.2) is 30.3 Å². The molecule has 296 valence electrons. The zero-order valence-electron chi connectivity index (χ0n) is 32.7. The Morgan fingerprint density at radius 3 is 2.17 bits per heavy atom. The number of benzene rings is 1. The van der Waals surface area contributed by atoms with E-state index in [9.17, 15) is 33.6 Å². The number of nitrogens with zero attached hydrogens (tertiary/aromatic N) is 2. The van der Waals surface area contributed by atoms with Crippen LogP contribution in [0.5, 0.6) is 0 Å². The lowest BCUT2D eigenvalue weighted by Crippen LogP contribution is -2.60. The lowest BCUT2D eigenvalue weighted by molar-refractivity contribution is -0.145. The number of hydrogen-bond acceptors (Lipinski definition) is 8.